The first-order valence-electron chi connectivity index (χ1n) is 6.78. The van der Waals surface area contributed by atoms with E-state index in [0.29, 0.717) is 16.5 Å². The first-order chi connectivity index (χ1) is 10.2. The summed E-state index contributed by atoms with van der Waals surface area (Å²) in [6.45, 7) is -3.44. The van der Waals surface area contributed by atoms with Crippen LogP contribution in [0.4, 0.5) is 12.9 Å². The number of fused-ring (bicyclic) bond motifs is 1. The van der Waals surface area contributed by atoms with Crippen LogP contribution in [0.2, 0.25) is 0 Å². The average molecular weight is 331 g/mol. The van der Waals surface area contributed by atoms with Crippen LogP contribution >= 0.6 is 0 Å². The Morgan fingerprint density at radius 3 is 2.32 bits per heavy atom. The fourth-order valence-electron chi connectivity index (χ4n) is 1.97. The second kappa shape index (κ2) is 6.20. The Hall–Kier alpha value is -1.70. The van der Waals surface area contributed by atoms with Gasteiger partial charge in [0.05, 0.1) is 5.75 Å². The van der Waals surface area contributed by atoms with Gasteiger partial charge in [-0.15, -0.1) is 5.46 Å². The normalized spacial score (nSPS) is 12.5. The van der Waals surface area contributed by atoms with E-state index in [1.165, 1.54) is 18.2 Å². The van der Waals surface area contributed by atoms with E-state index in [-0.39, 0.29) is 18.1 Å². The van der Waals surface area contributed by atoms with Gasteiger partial charge >= 0.3 is 6.98 Å². The van der Waals surface area contributed by atoms with E-state index in [0.717, 1.165) is 12.1 Å². The lowest BCUT2D eigenvalue weighted by Gasteiger charge is -2.15. The fraction of sp³-hybridized carbons (Fsp3) is 0.286. The van der Waals surface area contributed by atoms with Crippen molar-refractivity contribution >= 4 is 33.0 Å². The van der Waals surface area contributed by atoms with Gasteiger partial charge in [0.2, 0.25) is 0 Å². The van der Waals surface area contributed by atoms with E-state index in [4.69, 9.17) is 4.74 Å². The Bertz CT molecular complexity index is 772. The molecule has 0 saturated heterocycles. The van der Waals surface area contributed by atoms with Crippen LogP contribution in [0, 0.1) is 0 Å². The number of halogens is 3. The summed E-state index contributed by atoms with van der Waals surface area (Å²) < 4.78 is 66.1. The largest absolute Gasteiger partial charge is 0.509 e. The number of benzene rings is 2. The fourth-order valence-corrected chi connectivity index (χ4v) is 2.59. The molecule has 0 radical (unpaired) electrons. The molecule has 0 aromatic heterocycles. The van der Waals surface area contributed by atoms with Crippen LogP contribution < -0.4 is 10.2 Å². The van der Waals surface area contributed by atoms with E-state index in [9.17, 15) is 21.4 Å². The maximum atomic E-state index is 12.7. The predicted molar refractivity (Wildman–Crippen MR) is 82.5 cm³/mol. The number of hydrogen-bond donors (Lipinski definition) is 0. The summed E-state index contributed by atoms with van der Waals surface area (Å²) in [6, 6.07) is 8.18. The summed E-state index contributed by atoms with van der Waals surface area (Å²) in [4.78, 5) is 0. The topological polar surface area (TPSA) is 43.4 Å². The van der Waals surface area contributed by atoms with Gasteiger partial charge in [-0.1, -0.05) is 31.2 Å². The first-order valence-corrected chi connectivity index (χ1v) is 8.60. The molecule has 0 heterocycles. The van der Waals surface area contributed by atoms with Crippen LogP contribution in [0.25, 0.3) is 10.8 Å². The molecule has 22 heavy (non-hydrogen) atoms. The van der Waals surface area contributed by atoms with E-state index in [1.54, 1.807) is 13.0 Å². The number of hydrogen-bond acceptors (Lipinski definition) is 3. The van der Waals surface area contributed by atoms with Gasteiger partial charge in [0.1, 0.15) is 12.4 Å². The van der Waals surface area contributed by atoms with Crippen LogP contribution in [0.1, 0.15) is 6.92 Å². The third-order valence-corrected chi connectivity index (χ3v) is 4.98. The molecule has 0 N–H and O–H groups in total. The van der Waals surface area contributed by atoms with Gasteiger partial charge in [-0.25, -0.2) is 8.42 Å². The molecule has 2 aromatic rings. The smallest absolute Gasteiger partial charge is 0.493 e. The molecule has 8 heteroatoms. The highest BCUT2D eigenvalue weighted by atomic mass is 32.2. The van der Waals surface area contributed by atoms with Gasteiger partial charge in [-0.3, -0.25) is 0 Å². The molecule has 3 nitrogen and oxygen atoms in total. The highest BCUT2D eigenvalue weighted by molar-refractivity contribution is 7.91. The van der Waals surface area contributed by atoms with Gasteiger partial charge in [0, 0.05) is 5.75 Å². The van der Waals surface area contributed by atoms with E-state index in [1.807, 2.05) is 0 Å². The number of ether oxygens (including phenoxy) is 1. The Kier molecular flexibility index (Phi) is 4.70. The Labute approximate surface area is 127 Å². The molecule has 0 saturated carbocycles. The molecular weight excluding hydrogens is 316 g/mol. The summed E-state index contributed by atoms with van der Waals surface area (Å²) in [6.07, 6.45) is 0. The Morgan fingerprint density at radius 2 is 1.68 bits per heavy atom. The summed E-state index contributed by atoms with van der Waals surface area (Å²) in [7, 11) is -3.10. The van der Waals surface area contributed by atoms with E-state index < -0.39 is 22.3 Å². The zero-order valence-electron chi connectivity index (χ0n) is 11.9. The second-order valence-corrected chi connectivity index (χ2v) is 7.40. The third kappa shape index (κ3) is 4.16. The molecule has 120 valence electrons. The number of sulfone groups is 1. The minimum atomic E-state index is -5.02. The highest BCUT2D eigenvalue weighted by Crippen LogP contribution is 2.21. The summed E-state index contributed by atoms with van der Waals surface area (Å²) in [5, 5.41) is 1.07. The van der Waals surface area contributed by atoms with Crippen LogP contribution in [0.5, 0.6) is 5.75 Å². The van der Waals surface area contributed by atoms with Crippen molar-refractivity contribution in [1.29, 1.82) is 0 Å². The van der Waals surface area contributed by atoms with Crippen molar-refractivity contribution in [3.05, 3.63) is 36.4 Å². The molecule has 0 bridgehead atoms. The quantitative estimate of drug-likeness (QED) is 0.765. The van der Waals surface area contributed by atoms with Gasteiger partial charge in [-0.05, 0) is 22.9 Å². The van der Waals surface area contributed by atoms with Gasteiger partial charge in [0.15, 0.2) is 9.84 Å². The molecule has 0 aliphatic rings. The highest BCUT2D eigenvalue weighted by Gasteiger charge is 2.25. The Morgan fingerprint density at radius 1 is 1.05 bits per heavy atom. The van der Waals surface area contributed by atoms with Gasteiger partial charge in [-0.2, -0.15) is 0 Å². The lowest BCUT2D eigenvalue weighted by Crippen LogP contribution is -2.33. The van der Waals surface area contributed by atoms with E-state index in [2.05, 4.69) is 0 Å². The molecular formula is C14H15BF3O3S-. The van der Waals surface area contributed by atoms with Crippen LogP contribution in [-0.2, 0) is 9.84 Å². The molecule has 0 amide bonds. The summed E-state index contributed by atoms with van der Waals surface area (Å²) in [5.41, 5.74) is -0.643. The molecule has 0 aliphatic heterocycles. The SMILES string of the molecule is CCS(=O)(=O)CCOc1ccc2cc([B-](F)(F)F)ccc2c1. The molecule has 2 rings (SSSR count). The molecule has 0 aliphatic carbocycles. The zero-order chi connectivity index (χ0) is 16.4. The van der Waals surface area contributed by atoms with Crippen molar-refractivity contribution in [1.82, 2.24) is 0 Å². The third-order valence-electron chi connectivity index (χ3n) is 3.32. The Balaban J connectivity index is 2.14. The monoisotopic (exact) mass is 331 g/mol. The van der Waals surface area contributed by atoms with Crippen LogP contribution in [0.3, 0.4) is 0 Å². The minimum absolute atomic E-state index is 0.0193. The average Bonchev–Trinajstić information content (AvgIpc) is 2.45. The maximum absolute atomic E-state index is 12.7. The molecule has 2 aromatic carbocycles. The molecule has 0 unspecified atom stereocenters. The summed E-state index contributed by atoms with van der Waals surface area (Å²) in [5.74, 6) is 0.400. The zero-order valence-corrected chi connectivity index (χ0v) is 12.7. The minimum Gasteiger partial charge on any atom is -0.493 e. The molecule has 0 spiro atoms. The second-order valence-electron chi connectivity index (χ2n) is 4.93. The lowest BCUT2D eigenvalue weighted by molar-refractivity contribution is 0.341. The number of rotatable bonds is 6. The van der Waals surface area contributed by atoms with Crippen molar-refractivity contribution in [3.8, 4) is 5.75 Å². The van der Waals surface area contributed by atoms with Crippen molar-refractivity contribution in [2.24, 2.45) is 0 Å². The molecule has 0 fully saturated rings. The lowest BCUT2D eigenvalue weighted by atomic mass is 9.79. The van der Waals surface area contributed by atoms with Gasteiger partial charge < -0.3 is 17.7 Å². The van der Waals surface area contributed by atoms with Crippen molar-refractivity contribution in [3.63, 3.8) is 0 Å². The van der Waals surface area contributed by atoms with Crippen molar-refractivity contribution in [2.75, 3.05) is 18.1 Å². The maximum Gasteiger partial charge on any atom is 0.509 e. The van der Waals surface area contributed by atoms with E-state index >= 15 is 0 Å². The summed E-state index contributed by atoms with van der Waals surface area (Å²) >= 11 is 0. The predicted octanol–water partition coefficient (Wildman–Crippen LogP) is 2.71. The van der Waals surface area contributed by atoms with Crippen molar-refractivity contribution < 1.29 is 26.1 Å². The van der Waals surface area contributed by atoms with Crippen molar-refractivity contribution in [2.45, 2.75) is 6.92 Å². The van der Waals surface area contributed by atoms with Crippen LogP contribution in [-0.4, -0.2) is 33.5 Å². The standard InChI is InChI=1S/C14H15BF3O3S/c1-2-22(19,20)8-7-21-14-6-4-11-9-13(15(16,17)18)5-3-12(11)10-14/h3-6,9-10H,2,7-8H2,1H3/q-1. The van der Waals surface area contributed by atoms with Gasteiger partial charge in [0.25, 0.3) is 0 Å². The first kappa shape index (κ1) is 16.7. The molecule has 0 atom stereocenters. The van der Waals surface area contributed by atoms with Crippen LogP contribution in [0.15, 0.2) is 36.4 Å².